The lowest BCUT2D eigenvalue weighted by Crippen LogP contribution is -2.42. The van der Waals surface area contributed by atoms with Gasteiger partial charge < -0.3 is 4.12 Å². The highest BCUT2D eigenvalue weighted by atomic mass is 28.4. The first kappa shape index (κ1) is 19.1. The summed E-state index contributed by atoms with van der Waals surface area (Å²) in [5.74, 6) is 0. The third kappa shape index (κ3) is 9.63. The topological polar surface area (TPSA) is 9.23 Å². The van der Waals surface area contributed by atoms with Crippen molar-refractivity contribution in [2.24, 2.45) is 10.8 Å². The summed E-state index contributed by atoms with van der Waals surface area (Å²) in [6.45, 7) is 25.5. The van der Waals surface area contributed by atoms with Crippen molar-refractivity contribution < 1.29 is 4.12 Å². The predicted molar refractivity (Wildman–Crippen MR) is 93.5 cm³/mol. The van der Waals surface area contributed by atoms with Crippen LogP contribution < -0.4 is 0 Å². The molecule has 0 aromatic rings. The fourth-order valence-corrected chi connectivity index (χ4v) is 10.3. The van der Waals surface area contributed by atoms with Gasteiger partial charge in [0, 0.05) is 0 Å². The van der Waals surface area contributed by atoms with Crippen molar-refractivity contribution in [1.29, 1.82) is 0 Å². The Kier molecular flexibility index (Phi) is 5.90. The summed E-state index contributed by atoms with van der Waals surface area (Å²) in [5.41, 5.74) is 4.65. The van der Waals surface area contributed by atoms with Gasteiger partial charge in [-0.05, 0) is 50.0 Å². The Bertz CT molecular complexity index is 322. The van der Waals surface area contributed by atoms with E-state index in [4.69, 9.17) is 4.12 Å². The van der Waals surface area contributed by atoms with Gasteiger partial charge in [-0.15, -0.1) is 0 Å². The summed E-state index contributed by atoms with van der Waals surface area (Å²) >= 11 is 0. The molecule has 0 bridgehead atoms. The molecule has 0 heterocycles. The van der Waals surface area contributed by atoms with E-state index in [2.05, 4.69) is 80.0 Å². The van der Waals surface area contributed by atoms with Crippen LogP contribution >= 0.6 is 0 Å². The molecule has 0 aliphatic heterocycles. The number of hydrogen-bond acceptors (Lipinski definition) is 1. The lowest BCUT2D eigenvalue weighted by molar-refractivity contribution is 0.359. The molecule has 114 valence electrons. The van der Waals surface area contributed by atoms with Crippen molar-refractivity contribution in [3.05, 3.63) is 11.3 Å². The highest BCUT2D eigenvalue weighted by Crippen LogP contribution is 2.36. The molecule has 0 amide bonds. The molecule has 0 aromatic carbocycles. The maximum Gasteiger partial charge on any atom is 0.198 e. The summed E-state index contributed by atoms with van der Waals surface area (Å²) in [7, 11) is -3.17. The standard InChI is InChI=1S/C16H36OSi2/c1-15(2,3)12-14(16(4,5)6)13-19(10,11)17-18(7,8)9/h13H,12H2,1-11H3. The van der Waals surface area contributed by atoms with Crippen molar-refractivity contribution >= 4 is 16.6 Å². The molecule has 0 N–H and O–H groups in total. The summed E-state index contributed by atoms with van der Waals surface area (Å²) in [4.78, 5) is 0. The van der Waals surface area contributed by atoms with Crippen molar-refractivity contribution in [3.8, 4) is 0 Å². The van der Waals surface area contributed by atoms with Gasteiger partial charge in [0.05, 0.1) is 0 Å². The van der Waals surface area contributed by atoms with Crippen LogP contribution in [0.4, 0.5) is 0 Å². The second-order valence-corrected chi connectivity index (χ2v) is 18.0. The Morgan fingerprint density at radius 3 is 1.58 bits per heavy atom. The molecule has 0 fully saturated rings. The Morgan fingerprint density at radius 2 is 1.32 bits per heavy atom. The number of allylic oxidation sites excluding steroid dienone is 1. The Morgan fingerprint density at radius 1 is 0.895 bits per heavy atom. The molecule has 0 radical (unpaired) electrons. The molecule has 0 rings (SSSR count). The molecule has 3 heteroatoms. The largest absolute Gasteiger partial charge is 0.453 e. The van der Waals surface area contributed by atoms with Gasteiger partial charge in [0.1, 0.15) is 0 Å². The Balaban J connectivity index is 5.32. The second-order valence-electron chi connectivity index (χ2n) is 9.47. The van der Waals surface area contributed by atoms with Crippen LogP contribution in [0.1, 0.15) is 48.0 Å². The van der Waals surface area contributed by atoms with Gasteiger partial charge in [0.25, 0.3) is 0 Å². The van der Waals surface area contributed by atoms with Gasteiger partial charge >= 0.3 is 0 Å². The first-order valence-corrected chi connectivity index (χ1v) is 13.8. The SMILES string of the molecule is CC(C)(C)CC(=C[Si](C)(C)O[Si](C)(C)C)C(C)(C)C. The lowest BCUT2D eigenvalue weighted by atomic mass is 9.78. The van der Waals surface area contributed by atoms with Gasteiger partial charge in [0.15, 0.2) is 16.6 Å². The van der Waals surface area contributed by atoms with Crippen LogP contribution in [0.25, 0.3) is 0 Å². The monoisotopic (exact) mass is 300 g/mol. The summed E-state index contributed by atoms with van der Waals surface area (Å²) < 4.78 is 6.47. The van der Waals surface area contributed by atoms with Crippen molar-refractivity contribution in [2.75, 3.05) is 0 Å². The average molecular weight is 301 g/mol. The minimum Gasteiger partial charge on any atom is -0.453 e. The molecule has 0 aromatic heterocycles. The molecule has 0 aliphatic carbocycles. The number of hydrogen-bond donors (Lipinski definition) is 0. The van der Waals surface area contributed by atoms with Crippen molar-refractivity contribution in [3.63, 3.8) is 0 Å². The molecular formula is C16H36OSi2. The van der Waals surface area contributed by atoms with Crippen LogP contribution in [0.5, 0.6) is 0 Å². The zero-order valence-electron chi connectivity index (χ0n) is 15.2. The van der Waals surface area contributed by atoms with Crippen LogP contribution in [0.3, 0.4) is 0 Å². The fourth-order valence-electron chi connectivity index (χ4n) is 2.34. The maximum atomic E-state index is 6.47. The van der Waals surface area contributed by atoms with E-state index in [1.165, 1.54) is 0 Å². The summed E-state index contributed by atoms with van der Waals surface area (Å²) in [5, 5.41) is 0. The van der Waals surface area contributed by atoms with E-state index in [0.717, 1.165) is 6.42 Å². The zero-order chi connectivity index (χ0) is 15.7. The normalized spacial score (nSPS) is 15.8. The van der Waals surface area contributed by atoms with Crippen LogP contribution in [0.15, 0.2) is 11.3 Å². The van der Waals surface area contributed by atoms with Crippen LogP contribution in [-0.2, 0) is 4.12 Å². The van der Waals surface area contributed by atoms with E-state index >= 15 is 0 Å². The highest BCUT2D eigenvalue weighted by Gasteiger charge is 2.31. The second kappa shape index (κ2) is 5.86. The van der Waals surface area contributed by atoms with Gasteiger partial charge in [0.2, 0.25) is 0 Å². The molecular weight excluding hydrogens is 264 g/mol. The van der Waals surface area contributed by atoms with Crippen molar-refractivity contribution in [1.82, 2.24) is 0 Å². The molecule has 1 nitrogen and oxygen atoms in total. The van der Waals surface area contributed by atoms with E-state index in [9.17, 15) is 0 Å². The lowest BCUT2D eigenvalue weighted by Gasteiger charge is -2.35. The molecule has 0 saturated heterocycles. The van der Waals surface area contributed by atoms with E-state index in [0.29, 0.717) is 5.41 Å². The molecule has 0 unspecified atom stereocenters. The zero-order valence-corrected chi connectivity index (χ0v) is 17.2. The van der Waals surface area contributed by atoms with Crippen LogP contribution in [0, 0.1) is 10.8 Å². The van der Waals surface area contributed by atoms with E-state index < -0.39 is 16.6 Å². The fraction of sp³-hybridized carbons (Fsp3) is 0.875. The van der Waals surface area contributed by atoms with Crippen LogP contribution in [0.2, 0.25) is 32.7 Å². The maximum absolute atomic E-state index is 6.47. The van der Waals surface area contributed by atoms with Gasteiger partial charge in [-0.3, -0.25) is 0 Å². The molecule has 0 aliphatic rings. The smallest absolute Gasteiger partial charge is 0.198 e. The third-order valence-corrected chi connectivity index (χ3v) is 8.37. The predicted octanol–water partition coefficient (Wildman–Crippen LogP) is 5.99. The molecule has 19 heavy (non-hydrogen) atoms. The van der Waals surface area contributed by atoms with Gasteiger partial charge in [-0.2, -0.15) is 0 Å². The van der Waals surface area contributed by atoms with Crippen molar-refractivity contribution in [2.45, 2.75) is 80.7 Å². The number of rotatable bonds is 4. The highest BCUT2D eigenvalue weighted by molar-refractivity contribution is 6.87. The molecule has 0 saturated carbocycles. The van der Waals surface area contributed by atoms with Gasteiger partial charge in [-0.25, -0.2) is 0 Å². The van der Waals surface area contributed by atoms with E-state index in [1.807, 2.05) is 0 Å². The summed E-state index contributed by atoms with van der Waals surface area (Å²) in [6.07, 6.45) is 1.15. The third-order valence-electron chi connectivity index (χ3n) is 2.78. The molecule has 0 spiro atoms. The molecule has 0 atom stereocenters. The quantitative estimate of drug-likeness (QED) is 0.579. The Labute approximate surface area is 124 Å². The minimum absolute atomic E-state index is 0.236. The van der Waals surface area contributed by atoms with E-state index in [-0.39, 0.29) is 5.41 Å². The first-order valence-electron chi connectivity index (χ1n) is 7.44. The first-order chi connectivity index (χ1) is 8.02. The Hall–Kier alpha value is 0.134. The van der Waals surface area contributed by atoms with Gasteiger partial charge in [-0.1, -0.05) is 52.8 Å². The van der Waals surface area contributed by atoms with Crippen LogP contribution in [-0.4, -0.2) is 16.6 Å². The average Bonchev–Trinajstić information content (AvgIpc) is 1.91. The van der Waals surface area contributed by atoms with E-state index in [1.54, 1.807) is 5.57 Å². The minimum atomic E-state index is -1.71. The summed E-state index contributed by atoms with van der Waals surface area (Å²) in [6, 6.07) is 0.